The molecule has 80 valence electrons. The van der Waals surface area contributed by atoms with Gasteiger partial charge in [-0.2, -0.15) is 0 Å². The molecule has 1 aliphatic heterocycles. The summed E-state index contributed by atoms with van der Waals surface area (Å²) >= 11 is 0. The number of carbonyl (C=O) groups excluding carboxylic acids is 1. The van der Waals surface area contributed by atoms with Gasteiger partial charge in [-0.25, -0.2) is 0 Å². The van der Waals surface area contributed by atoms with E-state index in [1.807, 2.05) is 0 Å². The molecule has 2 N–H and O–H groups in total. The average molecular weight is 200 g/mol. The van der Waals surface area contributed by atoms with E-state index in [9.17, 15) is 4.79 Å². The number of cyclic esters (lactones) is 1. The van der Waals surface area contributed by atoms with E-state index >= 15 is 0 Å². The molecule has 0 bridgehead atoms. The van der Waals surface area contributed by atoms with Gasteiger partial charge in [-0.15, -0.1) is 6.58 Å². The van der Waals surface area contributed by atoms with E-state index in [1.165, 1.54) is 0 Å². The van der Waals surface area contributed by atoms with Crippen LogP contribution in [0.4, 0.5) is 0 Å². The summed E-state index contributed by atoms with van der Waals surface area (Å²) in [4.78, 5) is 11.3. The molecule has 0 aromatic heterocycles. The maximum Gasteiger partial charge on any atom is 0.311 e. The number of rotatable bonds is 4. The SMILES string of the molecule is C=CC(CO)C1CCOC(=O)C1CO. The summed E-state index contributed by atoms with van der Waals surface area (Å²) in [5.41, 5.74) is 0. The highest BCUT2D eigenvalue weighted by Gasteiger charge is 2.36. The highest BCUT2D eigenvalue weighted by atomic mass is 16.5. The van der Waals surface area contributed by atoms with Crippen molar-refractivity contribution in [3.8, 4) is 0 Å². The van der Waals surface area contributed by atoms with Crippen molar-refractivity contribution in [2.45, 2.75) is 6.42 Å². The largest absolute Gasteiger partial charge is 0.465 e. The number of aliphatic hydroxyl groups is 2. The number of esters is 1. The zero-order valence-electron chi connectivity index (χ0n) is 8.06. The minimum atomic E-state index is -0.515. The molecule has 3 unspecified atom stereocenters. The first-order valence-electron chi connectivity index (χ1n) is 4.75. The van der Waals surface area contributed by atoms with Crippen molar-refractivity contribution >= 4 is 5.97 Å². The Kier molecular flexibility index (Phi) is 4.10. The molecular weight excluding hydrogens is 184 g/mol. The average Bonchev–Trinajstić information content (AvgIpc) is 2.20. The Hall–Kier alpha value is -0.870. The van der Waals surface area contributed by atoms with Crippen molar-refractivity contribution in [2.75, 3.05) is 19.8 Å². The van der Waals surface area contributed by atoms with Gasteiger partial charge in [0, 0.05) is 12.5 Å². The summed E-state index contributed by atoms with van der Waals surface area (Å²) in [6, 6.07) is 0. The number of hydrogen-bond donors (Lipinski definition) is 2. The van der Waals surface area contributed by atoms with E-state index in [-0.39, 0.29) is 31.0 Å². The summed E-state index contributed by atoms with van der Waals surface area (Å²) in [5.74, 6) is -1.08. The zero-order chi connectivity index (χ0) is 10.6. The summed E-state index contributed by atoms with van der Waals surface area (Å²) in [7, 11) is 0. The Bertz CT molecular complexity index is 214. The van der Waals surface area contributed by atoms with Crippen LogP contribution in [-0.2, 0) is 9.53 Å². The van der Waals surface area contributed by atoms with Gasteiger partial charge in [-0.05, 0) is 12.3 Å². The molecule has 0 saturated carbocycles. The zero-order valence-corrected chi connectivity index (χ0v) is 8.06. The number of ether oxygens (including phenoxy) is 1. The van der Waals surface area contributed by atoms with Crippen LogP contribution in [0.15, 0.2) is 12.7 Å². The standard InChI is InChI=1S/C10H16O4/c1-2-7(5-11)8-3-4-14-10(13)9(8)6-12/h2,7-9,11-12H,1,3-6H2. The van der Waals surface area contributed by atoms with Crippen LogP contribution < -0.4 is 0 Å². The van der Waals surface area contributed by atoms with Gasteiger partial charge in [-0.1, -0.05) is 6.08 Å². The predicted molar refractivity (Wildman–Crippen MR) is 50.4 cm³/mol. The fraction of sp³-hybridized carbons (Fsp3) is 0.700. The van der Waals surface area contributed by atoms with Gasteiger partial charge in [0.1, 0.15) is 0 Å². The number of aliphatic hydroxyl groups excluding tert-OH is 2. The Labute approximate surface area is 83.2 Å². The van der Waals surface area contributed by atoms with Crippen molar-refractivity contribution in [2.24, 2.45) is 17.8 Å². The summed E-state index contributed by atoms with van der Waals surface area (Å²) in [6.45, 7) is 3.70. The van der Waals surface area contributed by atoms with Gasteiger partial charge in [0.25, 0.3) is 0 Å². The number of carbonyl (C=O) groups is 1. The van der Waals surface area contributed by atoms with Gasteiger partial charge in [0.2, 0.25) is 0 Å². The van der Waals surface area contributed by atoms with Crippen LogP contribution in [-0.4, -0.2) is 36.0 Å². The predicted octanol–water partition coefficient (Wildman–Crippen LogP) is -0.0475. The fourth-order valence-electron chi connectivity index (χ4n) is 1.89. The van der Waals surface area contributed by atoms with Gasteiger partial charge < -0.3 is 14.9 Å². The molecule has 0 spiro atoms. The van der Waals surface area contributed by atoms with E-state index in [0.29, 0.717) is 13.0 Å². The maximum atomic E-state index is 11.3. The molecule has 0 radical (unpaired) electrons. The van der Waals surface area contributed by atoms with Crippen LogP contribution in [0.2, 0.25) is 0 Å². The molecule has 1 saturated heterocycles. The summed E-state index contributed by atoms with van der Waals surface area (Å²) in [6.07, 6.45) is 2.31. The van der Waals surface area contributed by atoms with Crippen LogP contribution in [0.1, 0.15) is 6.42 Å². The second kappa shape index (κ2) is 5.12. The highest BCUT2D eigenvalue weighted by molar-refractivity contribution is 5.73. The molecule has 0 aromatic rings. The molecule has 4 nitrogen and oxygen atoms in total. The second-order valence-electron chi connectivity index (χ2n) is 3.49. The molecule has 3 atom stereocenters. The first-order valence-corrected chi connectivity index (χ1v) is 4.75. The molecule has 0 aliphatic carbocycles. The van der Waals surface area contributed by atoms with Crippen molar-refractivity contribution in [1.29, 1.82) is 0 Å². The molecule has 1 heterocycles. The van der Waals surface area contributed by atoms with Crippen LogP contribution >= 0.6 is 0 Å². The summed E-state index contributed by atoms with van der Waals surface area (Å²) < 4.78 is 4.84. The third-order valence-corrected chi connectivity index (χ3v) is 2.78. The van der Waals surface area contributed by atoms with Gasteiger partial charge >= 0.3 is 5.97 Å². The quantitative estimate of drug-likeness (QED) is 0.493. The third kappa shape index (κ3) is 2.13. The lowest BCUT2D eigenvalue weighted by atomic mass is 9.79. The van der Waals surface area contributed by atoms with Crippen molar-refractivity contribution in [1.82, 2.24) is 0 Å². The molecule has 0 aromatic carbocycles. The molecule has 14 heavy (non-hydrogen) atoms. The Morgan fingerprint density at radius 3 is 2.86 bits per heavy atom. The van der Waals surface area contributed by atoms with Crippen LogP contribution in [0.25, 0.3) is 0 Å². The van der Waals surface area contributed by atoms with E-state index in [0.717, 1.165) is 0 Å². The lowest BCUT2D eigenvalue weighted by Crippen LogP contribution is -2.39. The monoisotopic (exact) mass is 200 g/mol. The minimum Gasteiger partial charge on any atom is -0.465 e. The van der Waals surface area contributed by atoms with Gasteiger partial charge in [0.05, 0.1) is 19.1 Å². The lowest BCUT2D eigenvalue weighted by molar-refractivity contribution is -0.160. The molecule has 4 heteroatoms. The van der Waals surface area contributed by atoms with Gasteiger partial charge in [0.15, 0.2) is 0 Å². The molecule has 0 amide bonds. The van der Waals surface area contributed by atoms with Crippen molar-refractivity contribution in [3.05, 3.63) is 12.7 Å². The minimum absolute atomic E-state index is 0.0437. The first kappa shape index (κ1) is 11.2. The van der Waals surface area contributed by atoms with E-state index in [4.69, 9.17) is 14.9 Å². The van der Waals surface area contributed by atoms with E-state index in [2.05, 4.69) is 6.58 Å². The van der Waals surface area contributed by atoms with Crippen LogP contribution in [0.5, 0.6) is 0 Å². The van der Waals surface area contributed by atoms with E-state index in [1.54, 1.807) is 6.08 Å². The van der Waals surface area contributed by atoms with Crippen molar-refractivity contribution in [3.63, 3.8) is 0 Å². The normalized spacial score (nSPS) is 29.4. The lowest BCUT2D eigenvalue weighted by Gasteiger charge is -2.32. The summed E-state index contributed by atoms with van der Waals surface area (Å²) in [5, 5.41) is 18.1. The van der Waals surface area contributed by atoms with Crippen LogP contribution in [0, 0.1) is 17.8 Å². The smallest absolute Gasteiger partial charge is 0.311 e. The molecule has 1 aliphatic rings. The van der Waals surface area contributed by atoms with E-state index < -0.39 is 5.92 Å². The molecule has 1 rings (SSSR count). The third-order valence-electron chi connectivity index (χ3n) is 2.78. The van der Waals surface area contributed by atoms with Crippen LogP contribution in [0.3, 0.4) is 0 Å². The number of hydrogen-bond acceptors (Lipinski definition) is 4. The molecule has 1 fully saturated rings. The topological polar surface area (TPSA) is 66.8 Å². The maximum absolute atomic E-state index is 11.3. The second-order valence-corrected chi connectivity index (χ2v) is 3.49. The van der Waals surface area contributed by atoms with Crippen molar-refractivity contribution < 1.29 is 19.7 Å². The Balaban J connectivity index is 2.72. The Morgan fingerprint density at radius 1 is 1.64 bits per heavy atom. The Morgan fingerprint density at radius 2 is 2.36 bits per heavy atom. The highest BCUT2D eigenvalue weighted by Crippen LogP contribution is 2.30. The molecular formula is C10H16O4. The van der Waals surface area contributed by atoms with Gasteiger partial charge in [-0.3, -0.25) is 4.79 Å². The fourth-order valence-corrected chi connectivity index (χ4v) is 1.89. The first-order chi connectivity index (χ1) is 6.74.